The number of halogens is 1. The molecule has 4 heterocycles. The molecular weight excluding hydrogens is 497 g/mol. The fourth-order valence-corrected chi connectivity index (χ4v) is 5.72. The fraction of sp³-hybridized carbons (Fsp3) is 0.308. The summed E-state index contributed by atoms with van der Waals surface area (Å²) in [5.41, 5.74) is 2.44. The number of rotatable bonds is 5. The SMILES string of the molecule is CCN1CCN(c2nc3c(C)cccn3c(=O)c2C=C2SC(=S)N(Cc3ccc(F)cc3)C2=O)CC1. The highest BCUT2D eigenvalue weighted by atomic mass is 32.2. The molecule has 7 nitrogen and oxygen atoms in total. The molecule has 0 aliphatic carbocycles. The topological polar surface area (TPSA) is 61.2 Å². The van der Waals surface area contributed by atoms with E-state index >= 15 is 0 Å². The number of pyridine rings is 1. The van der Waals surface area contributed by atoms with Gasteiger partial charge < -0.3 is 9.80 Å². The molecule has 0 unspecified atom stereocenters. The van der Waals surface area contributed by atoms with Crippen molar-refractivity contribution >= 4 is 51.7 Å². The minimum atomic E-state index is -0.337. The van der Waals surface area contributed by atoms with Crippen LogP contribution < -0.4 is 10.5 Å². The first-order valence-corrected chi connectivity index (χ1v) is 13.1. The van der Waals surface area contributed by atoms with Crippen molar-refractivity contribution in [2.24, 2.45) is 0 Å². The first-order valence-electron chi connectivity index (χ1n) is 11.8. The Morgan fingerprint density at radius 3 is 2.53 bits per heavy atom. The Morgan fingerprint density at radius 1 is 1.11 bits per heavy atom. The van der Waals surface area contributed by atoms with E-state index < -0.39 is 0 Å². The van der Waals surface area contributed by atoms with Crippen molar-refractivity contribution in [3.63, 3.8) is 0 Å². The first kappa shape index (κ1) is 24.6. The molecule has 2 saturated heterocycles. The summed E-state index contributed by atoms with van der Waals surface area (Å²) in [7, 11) is 0. The zero-order valence-corrected chi connectivity index (χ0v) is 21.7. The number of fused-ring (bicyclic) bond motifs is 1. The number of likely N-dealkylation sites (N-methyl/N-ethyl adjacent to an activating group) is 1. The molecule has 2 aliphatic rings. The molecule has 1 aromatic carbocycles. The number of piperazine rings is 1. The molecule has 2 aromatic heterocycles. The van der Waals surface area contributed by atoms with Crippen LogP contribution in [0.5, 0.6) is 0 Å². The number of nitrogens with zero attached hydrogens (tertiary/aromatic N) is 5. The summed E-state index contributed by atoms with van der Waals surface area (Å²) in [6, 6.07) is 9.73. The Hall–Kier alpha value is -3.08. The summed E-state index contributed by atoms with van der Waals surface area (Å²) >= 11 is 6.65. The van der Waals surface area contributed by atoms with Crippen LogP contribution in [0.1, 0.15) is 23.6 Å². The summed E-state index contributed by atoms with van der Waals surface area (Å²) in [5, 5.41) is 0. The Kier molecular flexibility index (Phi) is 6.92. The summed E-state index contributed by atoms with van der Waals surface area (Å²) in [4.78, 5) is 38.3. The number of hydrogen-bond donors (Lipinski definition) is 0. The van der Waals surface area contributed by atoms with Crippen molar-refractivity contribution in [3.05, 3.63) is 80.4 Å². The molecule has 1 amide bonds. The van der Waals surface area contributed by atoms with E-state index in [0.717, 1.165) is 43.9 Å². The summed E-state index contributed by atoms with van der Waals surface area (Å²) in [5.74, 6) is -0.0190. The van der Waals surface area contributed by atoms with Gasteiger partial charge in [0.1, 0.15) is 21.6 Å². The zero-order valence-electron chi connectivity index (χ0n) is 20.1. The zero-order chi connectivity index (χ0) is 25.4. The molecule has 0 radical (unpaired) electrons. The molecule has 186 valence electrons. The number of benzene rings is 1. The lowest BCUT2D eigenvalue weighted by atomic mass is 10.2. The number of carbonyl (C=O) groups is 1. The van der Waals surface area contributed by atoms with Crippen molar-refractivity contribution in [1.29, 1.82) is 0 Å². The maximum Gasteiger partial charge on any atom is 0.267 e. The number of carbonyl (C=O) groups excluding carboxylic acids is 1. The van der Waals surface area contributed by atoms with Crippen LogP contribution in [0.25, 0.3) is 11.7 Å². The number of amides is 1. The Morgan fingerprint density at radius 2 is 1.83 bits per heavy atom. The van der Waals surface area contributed by atoms with E-state index in [4.69, 9.17) is 17.2 Å². The smallest absolute Gasteiger partial charge is 0.267 e. The van der Waals surface area contributed by atoms with Gasteiger partial charge >= 0.3 is 0 Å². The number of aromatic nitrogens is 2. The molecule has 2 aliphatic heterocycles. The van der Waals surface area contributed by atoms with E-state index in [1.165, 1.54) is 33.2 Å². The molecule has 0 spiro atoms. The summed E-state index contributed by atoms with van der Waals surface area (Å²) in [6.07, 6.45) is 3.34. The van der Waals surface area contributed by atoms with Gasteiger partial charge in [-0.2, -0.15) is 0 Å². The van der Waals surface area contributed by atoms with Crippen molar-refractivity contribution in [3.8, 4) is 0 Å². The quantitative estimate of drug-likeness (QED) is 0.374. The average molecular weight is 524 g/mol. The molecule has 0 atom stereocenters. The van der Waals surface area contributed by atoms with Crippen molar-refractivity contribution in [1.82, 2.24) is 19.2 Å². The minimum Gasteiger partial charge on any atom is -0.353 e. The van der Waals surface area contributed by atoms with E-state index in [1.807, 2.05) is 19.1 Å². The lowest BCUT2D eigenvalue weighted by Gasteiger charge is -2.35. The second-order valence-electron chi connectivity index (χ2n) is 8.85. The molecule has 0 bridgehead atoms. The van der Waals surface area contributed by atoms with E-state index in [1.54, 1.807) is 24.4 Å². The summed E-state index contributed by atoms with van der Waals surface area (Å²) in [6.45, 7) is 8.53. The molecule has 5 rings (SSSR count). The van der Waals surface area contributed by atoms with Gasteiger partial charge in [-0.25, -0.2) is 9.37 Å². The Labute approximate surface area is 218 Å². The van der Waals surface area contributed by atoms with Gasteiger partial charge in [0.25, 0.3) is 11.5 Å². The van der Waals surface area contributed by atoms with Gasteiger partial charge in [0.2, 0.25) is 0 Å². The third kappa shape index (κ3) is 4.68. The van der Waals surface area contributed by atoms with E-state index in [-0.39, 0.29) is 23.8 Å². The van der Waals surface area contributed by atoms with Gasteiger partial charge in [-0.3, -0.25) is 18.9 Å². The number of hydrogen-bond acceptors (Lipinski definition) is 7. The predicted octanol–water partition coefficient (Wildman–Crippen LogP) is 3.69. The fourth-order valence-electron chi connectivity index (χ4n) is 4.48. The second kappa shape index (κ2) is 10.1. The lowest BCUT2D eigenvalue weighted by Crippen LogP contribution is -2.47. The Balaban J connectivity index is 1.54. The number of anilines is 1. The normalized spacial score (nSPS) is 18.1. The predicted molar refractivity (Wildman–Crippen MR) is 146 cm³/mol. The highest BCUT2D eigenvalue weighted by Gasteiger charge is 2.33. The van der Waals surface area contributed by atoms with Gasteiger partial charge in [0.05, 0.1) is 17.0 Å². The average Bonchev–Trinajstić information content (AvgIpc) is 3.14. The second-order valence-corrected chi connectivity index (χ2v) is 10.5. The summed E-state index contributed by atoms with van der Waals surface area (Å²) < 4.78 is 15.2. The molecular formula is C26H26FN5O2S2. The minimum absolute atomic E-state index is 0.222. The van der Waals surface area contributed by atoms with Gasteiger partial charge in [-0.05, 0) is 48.9 Å². The monoisotopic (exact) mass is 523 g/mol. The van der Waals surface area contributed by atoms with Crippen LogP contribution in [-0.4, -0.2) is 62.1 Å². The highest BCUT2D eigenvalue weighted by Crippen LogP contribution is 2.34. The van der Waals surface area contributed by atoms with Crippen LogP contribution in [0.4, 0.5) is 10.2 Å². The number of aryl methyl sites for hydroxylation is 1. The van der Waals surface area contributed by atoms with Gasteiger partial charge in [0, 0.05) is 32.4 Å². The standard InChI is InChI=1S/C26H26FN5O2S2/c1-3-29-11-13-30(14-12-29)23-20(24(33)31-10-4-5-17(2)22(31)28-23)15-21-25(34)32(26(35)36-21)16-18-6-8-19(27)9-7-18/h4-10,15H,3,11-14,16H2,1-2H3. The number of thiocarbonyl (C=S) groups is 1. The first-order chi connectivity index (χ1) is 17.4. The van der Waals surface area contributed by atoms with Crippen molar-refractivity contribution in [2.45, 2.75) is 20.4 Å². The lowest BCUT2D eigenvalue weighted by molar-refractivity contribution is -0.122. The highest BCUT2D eigenvalue weighted by molar-refractivity contribution is 8.26. The van der Waals surface area contributed by atoms with Crippen LogP contribution in [0.15, 0.2) is 52.3 Å². The largest absolute Gasteiger partial charge is 0.353 e. The van der Waals surface area contributed by atoms with E-state index in [2.05, 4.69) is 16.7 Å². The molecule has 3 aromatic rings. The van der Waals surface area contributed by atoms with E-state index in [0.29, 0.717) is 26.3 Å². The van der Waals surface area contributed by atoms with E-state index in [9.17, 15) is 14.0 Å². The van der Waals surface area contributed by atoms with Crippen LogP contribution >= 0.6 is 24.0 Å². The van der Waals surface area contributed by atoms with Crippen LogP contribution in [0.2, 0.25) is 0 Å². The van der Waals surface area contributed by atoms with Crippen LogP contribution in [0.3, 0.4) is 0 Å². The molecule has 2 fully saturated rings. The number of thioether (sulfide) groups is 1. The molecule has 10 heteroatoms. The van der Waals surface area contributed by atoms with Gasteiger partial charge in [-0.1, -0.05) is 49.1 Å². The third-order valence-corrected chi connectivity index (χ3v) is 7.96. The maximum atomic E-state index is 13.7. The Bertz CT molecular complexity index is 1430. The maximum absolute atomic E-state index is 13.7. The van der Waals surface area contributed by atoms with Gasteiger partial charge in [-0.15, -0.1) is 0 Å². The molecule has 36 heavy (non-hydrogen) atoms. The molecule has 0 saturated carbocycles. The van der Waals surface area contributed by atoms with Crippen molar-refractivity contribution in [2.75, 3.05) is 37.6 Å². The van der Waals surface area contributed by atoms with Crippen LogP contribution in [-0.2, 0) is 11.3 Å². The van der Waals surface area contributed by atoms with Gasteiger partial charge in [0.15, 0.2) is 0 Å². The molecule has 0 N–H and O–H groups in total. The van der Waals surface area contributed by atoms with Crippen LogP contribution in [0, 0.1) is 12.7 Å². The van der Waals surface area contributed by atoms with Crippen molar-refractivity contribution < 1.29 is 9.18 Å². The third-order valence-electron chi connectivity index (χ3n) is 6.59.